The van der Waals surface area contributed by atoms with E-state index in [1.54, 1.807) is 7.11 Å². The standard InChI is InChI=1S/C15H25N3O/c1-11(2)12-10-13(16-3)18-14(17-12)15(19-4)8-6-5-7-9-15/h10-11H,5-9H2,1-4H3,(H,16,17,18). The van der Waals surface area contributed by atoms with Crippen molar-refractivity contribution >= 4 is 5.82 Å². The highest BCUT2D eigenvalue weighted by atomic mass is 16.5. The van der Waals surface area contributed by atoms with E-state index in [4.69, 9.17) is 9.72 Å². The Morgan fingerprint density at radius 1 is 1.21 bits per heavy atom. The van der Waals surface area contributed by atoms with E-state index in [1.165, 1.54) is 19.3 Å². The fourth-order valence-electron chi connectivity index (χ4n) is 2.74. The van der Waals surface area contributed by atoms with Gasteiger partial charge in [-0.3, -0.25) is 0 Å². The van der Waals surface area contributed by atoms with E-state index in [-0.39, 0.29) is 5.60 Å². The van der Waals surface area contributed by atoms with Crippen molar-refractivity contribution < 1.29 is 4.74 Å². The minimum absolute atomic E-state index is 0.283. The number of hydrogen-bond donors (Lipinski definition) is 1. The summed E-state index contributed by atoms with van der Waals surface area (Å²) in [6.07, 6.45) is 5.71. The minimum Gasteiger partial charge on any atom is -0.373 e. The maximum Gasteiger partial charge on any atom is 0.162 e. The molecule has 0 amide bonds. The third-order valence-corrected chi connectivity index (χ3v) is 4.05. The molecule has 4 heteroatoms. The average molecular weight is 263 g/mol. The molecule has 4 nitrogen and oxygen atoms in total. The zero-order valence-corrected chi connectivity index (χ0v) is 12.5. The highest BCUT2D eigenvalue weighted by molar-refractivity contribution is 5.37. The van der Waals surface area contributed by atoms with Crippen LogP contribution in [0.2, 0.25) is 0 Å². The van der Waals surface area contributed by atoms with Gasteiger partial charge in [0.25, 0.3) is 0 Å². The third kappa shape index (κ3) is 2.89. The molecule has 0 aromatic carbocycles. The van der Waals surface area contributed by atoms with Crippen LogP contribution in [0.4, 0.5) is 5.82 Å². The van der Waals surface area contributed by atoms with Crippen LogP contribution < -0.4 is 5.32 Å². The van der Waals surface area contributed by atoms with Crippen molar-refractivity contribution in [3.63, 3.8) is 0 Å². The molecule has 1 N–H and O–H groups in total. The number of nitrogens with one attached hydrogen (secondary N) is 1. The molecule has 0 bridgehead atoms. The number of anilines is 1. The third-order valence-electron chi connectivity index (χ3n) is 4.05. The normalized spacial score (nSPS) is 18.6. The molecule has 106 valence electrons. The topological polar surface area (TPSA) is 47.0 Å². The van der Waals surface area contributed by atoms with Gasteiger partial charge in [-0.2, -0.15) is 0 Å². The average Bonchev–Trinajstić information content (AvgIpc) is 2.47. The van der Waals surface area contributed by atoms with E-state index in [9.17, 15) is 0 Å². The van der Waals surface area contributed by atoms with E-state index >= 15 is 0 Å². The van der Waals surface area contributed by atoms with Gasteiger partial charge in [-0.15, -0.1) is 0 Å². The lowest BCUT2D eigenvalue weighted by Gasteiger charge is -2.35. The molecule has 2 rings (SSSR count). The Balaban J connectivity index is 2.43. The van der Waals surface area contributed by atoms with E-state index in [0.717, 1.165) is 30.2 Å². The van der Waals surface area contributed by atoms with Gasteiger partial charge >= 0.3 is 0 Å². The van der Waals surface area contributed by atoms with E-state index in [0.29, 0.717) is 5.92 Å². The van der Waals surface area contributed by atoms with Crippen LogP contribution in [0.1, 0.15) is 63.4 Å². The largest absolute Gasteiger partial charge is 0.373 e. The molecule has 1 heterocycles. The smallest absolute Gasteiger partial charge is 0.162 e. The maximum absolute atomic E-state index is 5.85. The Hall–Kier alpha value is -1.16. The summed E-state index contributed by atoms with van der Waals surface area (Å²) in [7, 11) is 3.69. The molecule has 0 saturated heterocycles. The Morgan fingerprint density at radius 2 is 1.89 bits per heavy atom. The van der Waals surface area contributed by atoms with Crippen LogP contribution in [0.5, 0.6) is 0 Å². The number of aromatic nitrogens is 2. The zero-order valence-electron chi connectivity index (χ0n) is 12.5. The Morgan fingerprint density at radius 3 is 2.42 bits per heavy atom. The highest BCUT2D eigenvalue weighted by Crippen LogP contribution is 2.39. The molecule has 0 radical (unpaired) electrons. The lowest BCUT2D eigenvalue weighted by molar-refractivity contribution is -0.0515. The molecule has 0 unspecified atom stereocenters. The first-order chi connectivity index (χ1) is 9.11. The molecule has 0 atom stereocenters. The van der Waals surface area contributed by atoms with Crippen molar-refractivity contribution in [3.8, 4) is 0 Å². The number of ether oxygens (including phenoxy) is 1. The SMILES string of the molecule is CNc1cc(C(C)C)nc(C2(OC)CCCCC2)n1. The minimum atomic E-state index is -0.283. The maximum atomic E-state index is 5.85. The molecule has 1 aromatic heterocycles. The summed E-state index contributed by atoms with van der Waals surface area (Å²) in [5, 5.41) is 3.14. The summed E-state index contributed by atoms with van der Waals surface area (Å²) in [5.41, 5.74) is 0.797. The summed E-state index contributed by atoms with van der Waals surface area (Å²) >= 11 is 0. The van der Waals surface area contributed by atoms with Gasteiger partial charge in [-0.25, -0.2) is 9.97 Å². The molecular formula is C15H25N3O. The van der Waals surface area contributed by atoms with Crippen LogP contribution in [0.15, 0.2) is 6.07 Å². The number of nitrogens with zero attached hydrogens (tertiary/aromatic N) is 2. The molecule has 1 aliphatic carbocycles. The molecule has 0 spiro atoms. The van der Waals surface area contributed by atoms with Gasteiger partial charge in [0.2, 0.25) is 0 Å². The molecule has 19 heavy (non-hydrogen) atoms. The van der Waals surface area contributed by atoms with Gasteiger partial charge in [-0.05, 0) is 18.8 Å². The monoisotopic (exact) mass is 263 g/mol. The summed E-state index contributed by atoms with van der Waals surface area (Å²) in [6.45, 7) is 4.32. The van der Waals surface area contributed by atoms with Crippen LogP contribution in [0.3, 0.4) is 0 Å². The molecular weight excluding hydrogens is 238 g/mol. The Bertz CT molecular complexity index is 425. The van der Waals surface area contributed by atoms with Crippen LogP contribution in [-0.4, -0.2) is 24.1 Å². The fraction of sp³-hybridized carbons (Fsp3) is 0.733. The zero-order chi connectivity index (χ0) is 13.9. The first-order valence-electron chi connectivity index (χ1n) is 7.23. The van der Waals surface area contributed by atoms with Gasteiger partial charge in [0, 0.05) is 25.9 Å². The van der Waals surface area contributed by atoms with Gasteiger partial charge < -0.3 is 10.1 Å². The highest BCUT2D eigenvalue weighted by Gasteiger charge is 2.37. The van der Waals surface area contributed by atoms with Crippen LogP contribution >= 0.6 is 0 Å². The van der Waals surface area contributed by atoms with Crippen molar-refractivity contribution in [1.82, 2.24) is 9.97 Å². The molecule has 1 aliphatic rings. The molecule has 1 fully saturated rings. The van der Waals surface area contributed by atoms with Crippen molar-refractivity contribution in [3.05, 3.63) is 17.6 Å². The van der Waals surface area contributed by atoms with Crippen molar-refractivity contribution in [2.24, 2.45) is 0 Å². The fourth-order valence-corrected chi connectivity index (χ4v) is 2.74. The van der Waals surface area contributed by atoms with Gasteiger partial charge in [0.05, 0.1) is 0 Å². The Kier molecular flexibility index (Phi) is 4.40. The summed E-state index contributed by atoms with van der Waals surface area (Å²) < 4.78 is 5.85. The lowest BCUT2D eigenvalue weighted by Crippen LogP contribution is -2.33. The van der Waals surface area contributed by atoms with E-state index in [2.05, 4.69) is 24.1 Å². The van der Waals surface area contributed by atoms with Crippen molar-refractivity contribution in [1.29, 1.82) is 0 Å². The first kappa shape index (κ1) is 14.3. The quantitative estimate of drug-likeness (QED) is 0.904. The van der Waals surface area contributed by atoms with Crippen molar-refractivity contribution in [2.45, 2.75) is 57.5 Å². The van der Waals surface area contributed by atoms with Crippen molar-refractivity contribution in [2.75, 3.05) is 19.5 Å². The van der Waals surface area contributed by atoms with Crippen LogP contribution in [-0.2, 0) is 10.3 Å². The predicted molar refractivity (Wildman–Crippen MR) is 77.4 cm³/mol. The second-order valence-electron chi connectivity index (χ2n) is 5.67. The van der Waals surface area contributed by atoms with E-state index in [1.807, 2.05) is 13.1 Å². The number of methoxy groups -OCH3 is 1. The van der Waals surface area contributed by atoms with Crippen LogP contribution in [0, 0.1) is 0 Å². The molecule has 1 saturated carbocycles. The summed E-state index contributed by atoms with van der Waals surface area (Å²) in [5.74, 6) is 2.13. The number of hydrogen-bond acceptors (Lipinski definition) is 4. The van der Waals surface area contributed by atoms with E-state index < -0.39 is 0 Å². The van der Waals surface area contributed by atoms with Crippen LogP contribution in [0.25, 0.3) is 0 Å². The molecule has 1 aromatic rings. The number of rotatable bonds is 4. The first-order valence-corrected chi connectivity index (χ1v) is 7.23. The predicted octanol–water partition coefficient (Wildman–Crippen LogP) is 3.45. The second-order valence-corrected chi connectivity index (χ2v) is 5.67. The summed E-state index contributed by atoms with van der Waals surface area (Å²) in [6, 6.07) is 2.03. The van der Waals surface area contributed by atoms with Gasteiger partial charge in [-0.1, -0.05) is 33.1 Å². The lowest BCUT2D eigenvalue weighted by atomic mass is 9.83. The second kappa shape index (κ2) is 5.87. The van der Waals surface area contributed by atoms with Gasteiger partial charge in [0.1, 0.15) is 11.4 Å². The molecule has 0 aliphatic heterocycles. The van der Waals surface area contributed by atoms with Gasteiger partial charge in [0.15, 0.2) is 5.82 Å². The summed E-state index contributed by atoms with van der Waals surface area (Å²) in [4.78, 5) is 9.43. The Labute approximate surface area is 116 Å².